The van der Waals surface area contributed by atoms with E-state index < -0.39 is 0 Å². The highest BCUT2D eigenvalue weighted by atomic mass is 16.1. The van der Waals surface area contributed by atoms with Crippen molar-refractivity contribution in [1.29, 1.82) is 0 Å². The van der Waals surface area contributed by atoms with Gasteiger partial charge in [0.15, 0.2) is 0 Å². The van der Waals surface area contributed by atoms with Crippen LogP contribution < -0.4 is 31.9 Å². The molecule has 37 heavy (non-hydrogen) atoms. The monoisotopic (exact) mass is 502 g/mol. The Morgan fingerprint density at radius 2 is 2.14 bits per heavy atom. The molecule has 1 aromatic carbocycles. The number of carbonyl (C=O) groups is 1. The van der Waals surface area contributed by atoms with Crippen molar-refractivity contribution in [2.75, 3.05) is 49.3 Å². The van der Waals surface area contributed by atoms with Crippen molar-refractivity contribution in [2.45, 2.75) is 12.5 Å². The molecule has 194 valence electrons. The molecule has 1 unspecified atom stereocenters. The minimum Gasteiger partial charge on any atom is -0.368 e. The highest BCUT2D eigenvalue weighted by molar-refractivity contribution is 6.13. The minimum atomic E-state index is -0.288. The SMILES string of the molecule is C=CCNC(=O)/C(C=NC)=C(/NCNc1ccc2c(cnn2C)c1)Nc1cccc(NC2CCNC2)n1. The maximum Gasteiger partial charge on any atom is 0.256 e. The number of anilines is 3. The number of carbonyl (C=O) groups excluding carboxylic acids is 1. The highest BCUT2D eigenvalue weighted by Crippen LogP contribution is 2.18. The summed E-state index contributed by atoms with van der Waals surface area (Å²) >= 11 is 0. The molecule has 11 heteroatoms. The quantitative estimate of drug-likeness (QED) is 0.0960. The average Bonchev–Trinajstić information content (AvgIpc) is 3.55. The van der Waals surface area contributed by atoms with Crippen LogP contribution in [-0.4, -0.2) is 66.3 Å². The summed E-state index contributed by atoms with van der Waals surface area (Å²) in [5.41, 5.74) is 2.31. The van der Waals surface area contributed by atoms with Gasteiger partial charge in [-0.2, -0.15) is 5.10 Å². The van der Waals surface area contributed by atoms with Gasteiger partial charge >= 0.3 is 0 Å². The van der Waals surface area contributed by atoms with E-state index in [1.807, 2.05) is 54.3 Å². The lowest BCUT2D eigenvalue weighted by Gasteiger charge is -2.18. The number of nitrogens with one attached hydrogen (secondary N) is 6. The topological polar surface area (TPSA) is 132 Å². The molecule has 1 aliphatic heterocycles. The van der Waals surface area contributed by atoms with Crippen molar-refractivity contribution < 1.29 is 4.79 Å². The third-order valence-corrected chi connectivity index (χ3v) is 5.90. The Morgan fingerprint density at radius 1 is 1.27 bits per heavy atom. The van der Waals surface area contributed by atoms with E-state index in [1.165, 1.54) is 6.21 Å². The summed E-state index contributed by atoms with van der Waals surface area (Å²) in [6, 6.07) is 12.1. The Balaban J connectivity index is 1.53. The van der Waals surface area contributed by atoms with Crippen molar-refractivity contribution in [1.82, 2.24) is 30.7 Å². The fourth-order valence-electron chi connectivity index (χ4n) is 4.04. The average molecular weight is 503 g/mol. The van der Waals surface area contributed by atoms with Crippen molar-refractivity contribution in [3.8, 4) is 0 Å². The van der Waals surface area contributed by atoms with Gasteiger partial charge in [0, 0.05) is 50.5 Å². The van der Waals surface area contributed by atoms with Crippen LogP contribution in [0.4, 0.5) is 17.3 Å². The smallest absolute Gasteiger partial charge is 0.256 e. The number of hydrogen-bond donors (Lipinski definition) is 6. The van der Waals surface area contributed by atoms with E-state index in [1.54, 1.807) is 13.1 Å². The number of amides is 1. The van der Waals surface area contributed by atoms with Crippen LogP contribution in [0.5, 0.6) is 0 Å². The Bertz CT molecular complexity index is 1290. The highest BCUT2D eigenvalue weighted by Gasteiger charge is 2.16. The number of benzene rings is 1. The van der Waals surface area contributed by atoms with Crippen molar-refractivity contribution in [3.63, 3.8) is 0 Å². The molecule has 2 aromatic heterocycles. The molecule has 3 heterocycles. The predicted molar refractivity (Wildman–Crippen MR) is 150 cm³/mol. The molecule has 1 aliphatic rings. The molecule has 1 fully saturated rings. The zero-order valence-electron chi connectivity index (χ0n) is 21.2. The first kappa shape index (κ1) is 25.7. The number of aromatic nitrogens is 3. The molecule has 0 bridgehead atoms. The Labute approximate surface area is 216 Å². The number of pyridine rings is 1. The number of aryl methyl sites for hydroxylation is 1. The Kier molecular flexibility index (Phi) is 8.71. The van der Waals surface area contributed by atoms with Gasteiger partial charge in [-0.3, -0.25) is 14.5 Å². The molecule has 6 N–H and O–H groups in total. The number of nitrogens with zero attached hydrogens (tertiary/aromatic N) is 4. The summed E-state index contributed by atoms with van der Waals surface area (Å²) in [4.78, 5) is 21.7. The van der Waals surface area contributed by atoms with Gasteiger partial charge in [0.1, 0.15) is 17.5 Å². The van der Waals surface area contributed by atoms with Crippen LogP contribution in [0, 0.1) is 0 Å². The number of rotatable bonds is 12. The van der Waals surface area contributed by atoms with E-state index in [9.17, 15) is 4.79 Å². The largest absolute Gasteiger partial charge is 0.368 e. The lowest BCUT2D eigenvalue weighted by molar-refractivity contribution is -0.116. The third-order valence-electron chi connectivity index (χ3n) is 5.90. The summed E-state index contributed by atoms with van der Waals surface area (Å²) in [7, 11) is 3.54. The minimum absolute atomic E-state index is 0.288. The van der Waals surface area contributed by atoms with Crippen molar-refractivity contribution in [3.05, 3.63) is 66.6 Å². The fourth-order valence-corrected chi connectivity index (χ4v) is 4.04. The molecule has 4 rings (SSSR count). The number of aliphatic imine (C=N–C) groups is 1. The van der Waals surface area contributed by atoms with E-state index >= 15 is 0 Å². The van der Waals surface area contributed by atoms with E-state index in [2.05, 4.69) is 48.6 Å². The van der Waals surface area contributed by atoms with E-state index in [-0.39, 0.29) is 5.91 Å². The first-order chi connectivity index (χ1) is 18.1. The van der Waals surface area contributed by atoms with Gasteiger partial charge in [-0.05, 0) is 43.3 Å². The second kappa shape index (κ2) is 12.5. The molecule has 0 saturated carbocycles. The molecular weight excluding hydrogens is 468 g/mol. The summed E-state index contributed by atoms with van der Waals surface area (Å²) in [6.07, 6.45) is 6.02. The predicted octanol–water partition coefficient (Wildman–Crippen LogP) is 2.03. The molecule has 0 radical (unpaired) electrons. The second-order valence-corrected chi connectivity index (χ2v) is 8.61. The van der Waals surface area contributed by atoms with Crippen molar-refractivity contribution >= 4 is 40.3 Å². The van der Waals surface area contributed by atoms with Gasteiger partial charge in [-0.25, -0.2) is 4.98 Å². The van der Waals surface area contributed by atoms with Gasteiger partial charge < -0.3 is 31.9 Å². The maximum absolute atomic E-state index is 12.9. The van der Waals surface area contributed by atoms with Crippen LogP contribution in [0.15, 0.2) is 71.6 Å². The molecule has 1 saturated heterocycles. The van der Waals surface area contributed by atoms with Crippen LogP contribution in [0.25, 0.3) is 10.9 Å². The molecule has 0 aliphatic carbocycles. The first-order valence-corrected chi connectivity index (χ1v) is 12.2. The van der Waals surface area contributed by atoms with E-state index in [0.29, 0.717) is 36.5 Å². The van der Waals surface area contributed by atoms with Gasteiger partial charge in [0.05, 0.1) is 24.0 Å². The number of hydrogen-bond acceptors (Lipinski definition) is 9. The molecule has 1 amide bonds. The van der Waals surface area contributed by atoms with E-state index in [4.69, 9.17) is 4.98 Å². The van der Waals surface area contributed by atoms with Gasteiger partial charge in [0.25, 0.3) is 5.91 Å². The molecular formula is C26H34N10O. The molecule has 11 nitrogen and oxygen atoms in total. The first-order valence-electron chi connectivity index (χ1n) is 12.2. The fraction of sp³-hybridized carbons (Fsp3) is 0.308. The van der Waals surface area contributed by atoms with Gasteiger partial charge in [-0.15, -0.1) is 6.58 Å². The van der Waals surface area contributed by atoms with Crippen LogP contribution in [0.1, 0.15) is 6.42 Å². The number of fused-ring (bicyclic) bond motifs is 1. The van der Waals surface area contributed by atoms with Crippen LogP contribution >= 0.6 is 0 Å². The summed E-state index contributed by atoms with van der Waals surface area (Å²) < 4.78 is 1.83. The second-order valence-electron chi connectivity index (χ2n) is 8.61. The zero-order valence-corrected chi connectivity index (χ0v) is 21.2. The zero-order chi connectivity index (χ0) is 26.0. The summed E-state index contributed by atoms with van der Waals surface area (Å²) in [5, 5.41) is 24.9. The third kappa shape index (κ3) is 6.85. The Morgan fingerprint density at radius 3 is 2.92 bits per heavy atom. The van der Waals surface area contributed by atoms with Gasteiger partial charge in [-0.1, -0.05) is 12.1 Å². The Hall–Kier alpha value is -4.38. The summed E-state index contributed by atoms with van der Waals surface area (Å²) in [6.45, 7) is 6.25. The molecule has 3 aromatic rings. The maximum atomic E-state index is 12.9. The lowest BCUT2D eigenvalue weighted by Crippen LogP contribution is -2.33. The van der Waals surface area contributed by atoms with Crippen LogP contribution in [0.2, 0.25) is 0 Å². The van der Waals surface area contributed by atoms with Crippen LogP contribution in [-0.2, 0) is 11.8 Å². The lowest BCUT2D eigenvalue weighted by atomic mass is 10.2. The molecule has 1 atom stereocenters. The van der Waals surface area contributed by atoms with Crippen LogP contribution in [0.3, 0.4) is 0 Å². The summed E-state index contributed by atoms with van der Waals surface area (Å²) in [5.74, 6) is 1.54. The standard InChI is InChI=1S/C26H34N10O/c1-4-11-29-26(37)21(16-27-2)25(31-17-30-19-8-9-22-18(13-19)14-32-36(22)3)35-24-7-5-6-23(34-24)33-20-10-12-28-15-20/h4-9,13-14,16,20,28,30-31H,1,10-12,15,17H2,2-3H3,(H,29,37)(H2,33,34,35)/b25-21-,27-16?. The van der Waals surface area contributed by atoms with E-state index in [0.717, 1.165) is 41.9 Å². The van der Waals surface area contributed by atoms with Gasteiger partial charge in [0.2, 0.25) is 0 Å². The van der Waals surface area contributed by atoms with Crippen molar-refractivity contribution in [2.24, 2.45) is 12.0 Å². The normalized spacial score (nSPS) is 15.9. The molecule has 0 spiro atoms.